The lowest BCUT2D eigenvalue weighted by Crippen LogP contribution is -2.19. The van der Waals surface area contributed by atoms with Crippen molar-refractivity contribution in [3.05, 3.63) is 34.9 Å². The van der Waals surface area contributed by atoms with Gasteiger partial charge in [0, 0.05) is 6.54 Å². The van der Waals surface area contributed by atoms with E-state index in [1.54, 1.807) is 0 Å². The van der Waals surface area contributed by atoms with Gasteiger partial charge < -0.3 is 5.32 Å². The van der Waals surface area contributed by atoms with Gasteiger partial charge in [-0.1, -0.05) is 32.0 Å². The highest BCUT2D eigenvalue weighted by Crippen LogP contribution is 2.50. The molecule has 1 saturated carbocycles. The second-order valence-electron chi connectivity index (χ2n) is 5.89. The number of rotatable bonds is 4. The Morgan fingerprint density at radius 2 is 1.81 bits per heavy atom. The van der Waals surface area contributed by atoms with Crippen molar-refractivity contribution in [2.75, 3.05) is 6.54 Å². The smallest absolute Gasteiger partial charge is 0.0210 e. The lowest BCUT2D eigenvalue weighted by atomic mass is 10.0. The van der Waals surface area contributed by atoms with E-state index >= 15 is 0 Å². The summed E-state index contributed by atoms with van der Waals surface area (Å²) in [6, 6.07) is 6.54. The van der Waals surface area contributed by atoms with E-state index in [-0.39, 0.29) is 0 Å². The second-order valence-corrected chi connectivity index (χ2v) is 5.89. The van der Waals surface area contributed by atoms with Gasteiger partial charge in [0.1, 0.15) is 0 Å². The summed E-state index contributed by atoms with van der Waals surface area (Å²) in [5, 5.41) is 3.60. The molecule has 1 atom stereocenters. The maximum absolute atomic E-state index is 3.60. The van der Waals surface area contributed by atoms with Crippen LogP contribution >= 0.6 is 0 Å². The van der Waals surface area contributed by atoms with Gasteiger partial charge in [0.15, 0.2) is 0 Å². The minimum atomic E-state index is 0.591. The summed E-state index contributed by atoms with van der Waals surface area (Å²) in [5.74, 6) is 0.886. The maximum Gasteiger partial charge on any atom is 0.0210 e. The minimum absolute atomic E-state index is 0.591. The number of aryl methyl sites for hydroxylation is 2. The van der Waals surface area contributed by atoms with Crippen LogP contribution in [-0.2, 0) is 6.54 Å². The van der Waals surface area contributed by atoms with Gasteiger partial charge in [0.05, 0.1) is 0 Å². The Hall–Kier alpha value is -0.820. The van der Waals surface area contributed by atoms with Crippen LogP contribution in [0.4, 0.5) is 0 Å². The van der Waals surface area contributed by atoms with E-state index in [9.17, 15) is 0 Å². The molecule has 2 rings (SSSR count). The summed E-state index contributed by atoms with van der Waals surface area (Å²) in [5.41, 5.74) is 4.87. The summed E-state index contributed by atoms with van der Waals surface area (Å²) in [7, 11) is 0. The molecule has 0 spiro atoms. The predicted molar refractivity (Wildman–Crippen MR) is 69.5 cm³/mol. The van der Waals surface area contributed by atoms with Gasteiger partial charge in [-0.15, -0.1) is 0 Å². The summed E-state index contributed by atoms with van der Waals surface area (Å²) in [6.07, 6.45) is 1.38. The summed E-state index contributed by atoms with van der Waals surface area (Å²) in [4.78, 5) is 0. The third-order valence-corrected chi connectivity index (χ3v) is 4.05. The van der Waals surface area contributed by atoms with Gasteiger partial charge in [0.25, 0.3) is 0 Å². The van der Waals surface area contributed by atoms with E-state index in [4.69, 9.17) is 0 Å². The normalized spacial score (nSPS) is 22.1. The Morgan fingerprint density at radius 1 is 1.25 bits per heavy atom. The van der Waals surface area contributed by atoms with Crippen LogP contribution in [0, 0.1) is 25.2 Å². The molecule has 1 fully saturated rings. The molecular formula is C15H23N. The van der Waals surface area contributed by atoms with Crippen LogP contribution in [0.1, 0.15) is 37.0 Å². The lowest BCUT2D eigenvalue weighted by molar-refractivity contribution is 0.519. The van der Waals surface area contributed by atoms with Gasteiger partial charge in [-0.05, 0) is 54.8 Å². The third kappa shape index (κ3) is 2.46. The molecule has 1 aliphatic rings. The van der Waals surface area contributed by atoms with Crippen molar-refractivity contribution in [3.63, 3.8) is 0 Å². The molecule has 1 aliphatic carbocycles. The fourth-order valence-corrected chi connectivity index (χ4v) is 2.42. The molecule has 0 heterocycles. The molecule has 0 bridgehead atoms. The average molecular weight is 217 g/mol. The Balaban J connectivity index is 1.86. The number of nitrogens with one attached hydrogen (secondary N) is 1. The van der Waals surface area contributed by atoms with Gasteiger partial charge in [-0.25, -0.2) is 0 Å². The molecule has 1 nitrogen and oxygen atoms in total. The molecule has 0 radical (unpaired) electrons. The van der Waals surface area contributed by atoms with Gasteiger partial charge in [0.2, 0.25) is 0 Å². The van der Waals surface area contributed by atoms with Crippen molar-refractivity contribution in [2.24, 2.45) is 11.3 Å². The Kier molecular flexibility index (Phi) is 3.07. The number of hydrogen-bond acceptors (Lipinski definition) is 1. The first kappa shape index (κ1) is 11.7. The predicted octanol–water partition coefficient (Wildman–Crippen LogP) is 3.44. The zero-order valence-electron chi connectivity index (χ0n) is 10.9. The van der Waals surface area contributed by atoms with E-state index in [1.807, 2.05) is 0 Å². The molecule has 1 aromatic rings. The largest absolute Gasteiger partial charge is 0.312 e. The molecular weight excluding hydrogens is 194 g/mol. The minimum Gasteiger partial charge on any atom is -0.312 e. The third-order valence-electron chi connectivity index (χ3n) is 4.05. The Labute approximate surface area is 99.3 Å². The molecule has 0 aromatic heterocycles. The van der Waals surface area contributed by atoms with Gasteiger partial charge >= 0.3 is 0 Å². The van der Waals surface area contributed by atoms with Gasteiger partial charge in [-0.3, -0.25) is 0 Å². The molecule has 1 unspecified atom stereocenters. The van der Waals surface area contributed by atoms with E-state index in [0.717, 1.165) is 12.5 Å². The van der Waals surface area contributed by atoms with Crippen LogP contribution in [0.5, 0.6) is 0 Å². The number of hydrogen-bond donors (Lipinski definition) is 1. The molecule has 0 amide bonds. The fraction of sp³-hybridized carbons (Fsp3) is 0.600. The Morgan fingerprint density at radius 3 is 2.31 bits per heavy atom. The van der Waals surface area contributed by atoms with Crippen LogP contribution in [0.3, 0.4) is 0 Å². The topological polar surface area (TPSA) is 12.0 Å². The second kappa shape index (κ2) is 4.21. The summed E-state index contributed by atoms with van der Waals surface area (Å²) in [6.45, 7) is 11.3. The lowest BCUT2D eigenvalue weighted by Gasteiger charge is -2.11. The van der Waals surface area contributed by atoms with Crippen molar-refractivity contribution >= 4 is 0 Å². The maximum atomic E-state index is 3.60. The van der Waals surface area contributed by atoms with E-state index < -0.39 is 0 Å². The van der Waals surface area contributed by atoms with Gasteiger partial charge in [-0.2, -0.15) is 0 Å². The van der Waals surface area contributed by atoms with Crippen LogP contribution < -0.4 is 5.32 Å². The SMILES string of the molecule is Cc1cccc(C)c1CNCC1CC1(C)C. The zero-order valence-corrected chi connectivity index (χ0v) is 10.9. The molecule has 88 valence electrons. The van der Waals surface area contributed by atoms with Crippen LogP contribution in [0.25, 0.3) is 0 Å². The van der Waals surface area contributed by atoms with Crippen LogP contribution in [0.15, 0.2) is 18.2 Å². The monoisotopic (exact) mass is 217 g/mol. The van der Waals surface area contributed by atoms with Crippen molar-refractivity contribution < 1.29 is 0 Å². The average Bonchev–Trinajstić information content (AvgIpc) is 2.79. The standard InChI is InChI=1S/C15H23N/c1-11-6-5-7-12(2)14(11)10-16-9-13-8-15(13,3)4/h5-7,13,16H,8-10H2,1-4H3. The number of benzene rings is 1. The van der Waals surface area contributed by atoms with Crippen molar-refractivity contribution in [2.45, 2.75) is 40.7 Å². The van der Waals surface area contributed by atoms with Crippen molar-refractivity contribution in [1.29, 1.82) is 0 Å². The summed E-state index contributed by atoms with van der Waals surface area (Å²) < 4.78 is 0. The Bertz CT molecular complexity index is 359. The highest BCUT2D eigenvalue weighted by Gasteiger charge is 2.44. The molecule has 0 aliphatic heterocycles. The molecule has 0 saturated heterocycles. The highest BCUT2D eigenvalue weighted by atomic mass is 14.9. The van der Waals surface area contributed by atoms with E-state index in [2.05, 4.69) is 51.2 Å². The molecule has 1 N–H and O–H groups in total. The molecule has 1 aromatic carbocycles. The van der Waals surface area contributed by atoms with Crippen molar-refractivity contribution in [1.82, 2.24) is 5.32 Å². The highest BCUT2D eigenvalue weighted by molar-refractivity contribution is 5.33. The molecule has 1 heteroatoms. The fourth-order valence-electron chi connectivity index (χ4n) is 2.42. The van der Waals surface area contributed by atoms with Crippen LogP contribution in [0.2, 0.25) is 0 Å². The quantitative estimate of drug-likeness (QED) is 0.814. The van der Waals surface area contributed by atoms with Crippen LogP contribution in [-0.4, -0.2) is 6.54 Å². The first-order valence-corrected chi connectivity index (χ1v) is 6.26. The zero-order chi connectivity index (χ0) is 11.8. The first-order chi connectivity index (χ1) is 7.50. The molecule has 16 heavy (non-hydrogen) atoms. The van der Waals surface area contributed by atoms with Crippen molar-refractivity contribution in [3.8, 4) is 0 Å². The van der Waals surface area contributed by atoms with E-state index in [1.165, 1.54) is 29.7 Å². The first-order valence-electron chi connectivity index (χ1n) is 6.26. The summed E-state index contributed by atoms with van der Waals surface area (Å²) >= 11 is 0. The van der Waals surface area contributed by atoms with E-state index in [0.29, 0.717) is 5.41 Å².